The molecule has 0 radical (unpaired) electrons. The number of fused-ring (bicyclic) bond motifs is 1. The second kappa shape index (κ2) is 8.97. The number of nitrogens with zero attached hydrogens (tertiary/aromatic N) is 1. The van der Waals surface area contributed by atoms with E-state index in [0.29, 0.717) is 32.9 Å². The molecular formula is C19H26N2O4. The molecule has 1 aromatic rings. The van der Waals surface area contributed by atoms with E-state index < -0.39 is 0 Å². The van der Waals surface area contributed by atoms with E-state index in [1.807, 2.05) is 30.3 Å². The van der Waals surface area contributed by atoms with Crippen LogP contribution >= 0.6 is 0 Å². The Balaban J connectivity index is 1.60. The van der Waals surface area contributed by atoms with Crippen molar-refractivity contribution in [3.8, 4) is 0 Å². The summed E-state index contributed by atoms with van der Waals surface area (Å²) >= 11 is 0. The molecule has 1 heterocycles. The van der Waals surface area contributed by atoms with E-state index in [-0.39, 0.29) is 30.4 Å². The van der Waals surface area contributed by atoms with Crippen molar-refractivity contribution in [2.75, 3.05) is 32.9 Å². The highest BCUT2D eigenvalue weighted by Gasteiger charge is 2.38. The summed E-state index contributed by atoms with van der Waals surface area (Å²) in [6.45, 7) is 2.46. The third kappa shape index (κ3) is 4.80. The van der Waals surface area contributed by atoms with Gasteiger partial charge in [0.2, 0.25) is 11.8 Å². The Hall–Kier alpha value is -1.92. The minimum atomic E-state index is -0.115. The SMILES string of the molecule is O=C1NCCOCCN(C(=O)COCc2ccccc2)[C@H]2CCC[C@@H]12. The predicted octanol–water partition coefficient (Wildman–Crippen LogP) is 1.35. The number of hydrogen-bond donors (Lipinski definition) is 1. The lowest BCUT2D eigenvalue weighted by atomic mass is 10.0. The van der Waals surface area contributed by atoms with Crippen molar-refractivity contribution in [1.82, 2.24) is 10.2 Å². The standard InChI is InChI=1S/C19H26N2O4/c22-18(14-25-13-15-5-2-1-3-6-15)21-10-12-24-11-9-20-19(23)16-7-4-8-17(16)21/h1-3,5-6,16-17H,4,7-14H2,(H,20,23)/t16-,17+/m1/s1. The summed E-state index contributed by atoms with van der Waals surface area (Å²) in [4.78, 5) is 26.9. The summed E-state index contributed by atoms with van der Waals surface area (Å²) in [5.74, 6) is -0.142. The first-order valence-electron chi connectivity index (χ1n) is 9.02. The molecule has 2 atom stereocenters. The van der Waals surface area contributed by atoms with Gasteiger partial charge in [0.05, 0.1) is 25.7 Å². The van der Waals surface area contributed by atoms with Crippen LogP contribution in [0, 0.1) is 5.92 Å². The number of carbonyl (C=O) groups excluding carboxylic acids is 2. The molecule has 0 spiro atoms. The average molecular weight is 346 g/mol. The molecule has 1 aliphatic heterocycles. The fraction of sp³-hybridized carbons (Fsp3) is 0.579. The molecule has 6 nitrogen and oxygen atoms in total. The third-order valence-electron chi connectivity index (χ3n) is 4.90. The number of hydrogen-bond acceptors (Lipinski definition) is 4. The van der Waals surface area contributed by atoms with E-state index in [4.69, 9.17) is 9.47 Å². The number of nitrogens with one attached hydrogen (secondary N) is 1. The first-order valence-corrected chi connectivity index (χ1v) is 9.02. The first-order chi connectivity index (χ1) is 12.3. The quantitative estimate of drug-likeness (QED) is 0.894. The van der Waals surface area contributed by atoms with Crippen molar-refractivity contribution in [2.24, 2.45) is 5.92 Å². The largest absolute Gasteiger partial charge is 0.378 e. The van der Waals surface area contributed by atoms with Gasteiger partial charge in [0.1, 0.15) is 6.61 Å². The van der Waals surface area contributed by atoms with Gasteiger partial charge in [0.15, 0.2) is 0 Å². The highest BCUT2D eigenvalue weighted by Crippen LogP contribution is 2.30. The van der Waals surface area contributed by atoms with Crippen molar-refractivity contribution >= 4 is 11.8 Å². The lowest BCUT2D eigenvalue weighted by molar-refractivity contribution is -0.142. The van der Waals surface area contributed by atoms with Crippen LogP contribution in [0.15, 0.2) is 30.3 Å². The van der Waals surface area contributed by atoms with Gasteiger partial charge in [-0.1, -0.05) is 36.8 Å². The topological polar surface area (TPSA) is 67.9 Å². The second-order valence-electron chi connectivity index (χ2n) is 6.57. The summed E-state index contributed by atoms with van der Waals surface area (Å²) in [5.41, 5.74) is 1.04. The summed E-state index contributed by atoms with van der Waals surface area (Å²) in [6.07, 6.45) is 2.67. The maximum Gasteiger partial charge on any atom is 0.248 e. The lowest BCUT2D eigenvalue weighted by Gasteiger charge is -2.33. The number of benzene rings is 1. The Morgan fingerprint density at radius 3 is 2.92 bits per heavy atom. The maximum atomic E-state index is 12.7. The van der Waals surface area contributed by atoms with E-state index in [1.54, 1.807) is 4.90 Å². The molecule has 1 saturated heterocycles. The molecule has 2 aliphatic rings. The van der Waals surface area contributed by atoms with Gasteiger partial charge in [-0.25, -0.2) is 0 Å². The summed E-state index contributed by atoms with van der Waals surface area (Å²) in [6, 6.07) is 9.74. The van der Waals surface area contributed by atoms with E-state index in [2.05, 4.69) is 5.32 Å². The van der Waals surface area contributed by atoms with Gasteiger partial charge in [-0.2, -0.15) is 0 Å². The van der Waals surface area contributed by atoms with Crippen LogP contribution in [0.2, 0.25) is 0 Å². The summed E-state index contributed by atoms with van der Waals surface area (Å²) in [7, 11) is 0. The van der Waals surface area contributed by atoms with E-state index in [1.165, 1.54) is 0 Å². The fourth-order valence-corrected chi connectivity index (χ4v) is 3.65. The zero-order valence-corrected chi connectivity index (χ0v) is 14.5. The normalized spacial score (nSPS) is 24.5. The van der Waals surface area contributed by atoms with E-state index in [0.717, 1.165) is 24.8 Å². The van der Waals surface area contributed by atoms with Crippen LogP contribution in [0.25, 0.3) is 0 Å². The van der Waals surface area contributed by atoms with E-state index in [9.17, 15) is 9.59 Å². The molecule has 2 fully saturated rings. The van der Waals surface area contributed by atoms with Gasteiger partial charge in [-0.15, -0.1) is 0 Å². The van der Waals surface area contributed by atoms with Crippen LogP contribution in [-0.2, 0) is 25.7 Å². The van der Waals surface area contributed by atoms with Crippen LogP contribution in [0.5, 0.6) is 0 Å². The molecule has 2 amide bonds. The van der Waals surface area contributed by atoms with Crippen molar-refractivity contribution in [1.29, 1.82) is 0 Å². The molecule has 3 rings (SSSR count). The molecule has 136 valence electrons. The summed E-state index contributed by atoms with van der Waals surface area (Å²) in [5, 5.41) is 2.91. The maximum absolute atomic E-state index is 12.7. The highest BCUT2D eigenvalue weighted by molar-refractivity contribution is 5.82. The zero-order valence-electron chi connectivity index (χ0n) is 14.5. The Bertz CT molecular complexity index is 578. The van der Waals surface area contributed by atoms with Gasteiger partial charge >= 0.3 is 0 Å². The van der Waals surface area contributed by atoms with Crippen LogP contribution in [0.3, 0.4) is 0 Å². The van der Waals surface area contributed by atoms with Gasteiger partial charge in [0.25, 0.3) is 0 Å². The minimum Gasteiger partial charge on any atom is -0.378 e. The van der Waals surface area contributed by atoms with Crippen LogP contribution in [-0.4, -0.2) is 55.7 Å². The molecule has 0 unspecified atom stereocenters. The number of rotatable bonds is 4. The van der Waals surface area contributed by atoms with Crippen LogP contribution in [0.1, 0.15) is 24.8 Å². The van der Waals surface area contributed by atoms with Crippen LogP contribution in [0.4, 0.5) is 0 Å². The monoisotopic (exact) mass is 346 g/mol. The van der Waals surface area contributed by atoms with Gasteiger partial charge in [-0.05, 0) is 18.4 Å². The minimum absolute atomic E-state index is 0.0275. The molecule has 0 bridgehead atoms. The first kappa shape index (κ1) is 17.9. The van der Waals surface area contributed by atoms with Gasteiger partial charge in [-0.3, -0.25) is 9.59 Å². The Morgan fingerprint density at radius 2 is 2.08 bits per heavy atom. The van der Waals surface area contributed by atoms with Gasteiger partial charge in [0, 0.05) is 19.1 Å². The zero-order chi connectivity index (χ0) is 17.5. The average Bonchev–Trinajstić information content (AvgIpc) is 3.11. The number of ether oxygens (including phenoxy) is 2. The van der Waals surface area contributed by atoms with Gasteiger partial charge < -0.3 is 19.7 Å². The number of carbonyl (C=O) groups is 2. The molecule has 0 aromatic heterocycles. The smallest absolute Gasteiger partial charge is 0.248 e. The van der Waals surface area contributed by atoms with Crippen LogP contribution < -0.4 is 5.32 Å². The lowest BCUT2D eigenvalue weighted by Crippen LogP contribution is -2.50. The summed E-state index contributed by atoms with van der Waals surface area (Å²) < 4.78 is 11.1. The highest BCUT2D eigenvalue weighted by atomic mass is 16.5. The molecule has 6 heteroatoms. The van der Waals surface area contributed by atoms with Crippen molar-refractivity contribution < 1.29 is 19.1 Å². The molecule has 1 aromatic carbocycles. The van der Waals surface area contributed by atoms with Crippen molar-refractivity contribution in [2.45, 2.75) is 31.9 Å². The molecule has 1 N–H and O–H groups in total. The molecular weight excluding hydrogens is 320 g/mol. The van der Waals surface area contributed by atoms with E-state index >= 15 is 0 Å². The molecule has 1 saturated carbocycles. The molecule has 1 aliphatic carbocycles. The molecule has 25 heavy (non-hydrogen) atoms. The Labute approximate surface area is 148 Å². The third-order valence-corrected chi connectivity index (χ3v) is 4.90. The predicted molar refractivity (Wildman–Crippen MR) is 92.8 cm³/mol. The van der Waals surface area contributed by atoms with Crippen molar-refractivity contribution in [3.63, 3.8) is 0 Å². The Kier molecular flexibility index (Phi) is 6.42. The van der Waals surface area contributed by atoms with Crippen molar-refractivity contribution in [3.05, 3.63) is 35.9 Å². The Morgan fingerprint density at radius 1 is 1.24 bits per heavy atom. The second-order valence-corrected chi connectivity index (χ2v) is 6.57. The fourth-order valence-electron chi connectivity index (χ4n) is 3.65. The number of amides is 2.